The summed E-state index contributed by atoms with van der Waals surface area (Å²) in [5.41, 5.74) is 0.614. The van der Waals surface area contributed by atoms with Crippen molar-refractivity contribution < 1.29 is 9.18 Å². The van der Waals surface area contributed by atoms with Crippen LogP contribution < -0.4 is 0 Å². The Balaban J connectivity index is 2.10. The Hall–Kier alpha value is -0.930. The maximum absolute atomic E-state index is 13.9. The molecule has 1 aliphatic rings. The first-order chi connectivity index (χ1) is 9.08. The molecule has 1 aliphatic heterocycles. The number of ketones is 1. The van der Waals surface area contributed by atoms with Gasteiger partial charge in [-0.3, -0.25) is 9.69 Å². The lowest BCUT2D eigenvalue weighted by molar-refractivity contribution is -0.118. The van der Waals surface area contributed by atoms with E-state index in [0.717, 1.165) is 25.8 Å². The zero-order chi connectivity index (χ0) is 13.8. The van der Waals surface area contributed by atoms with E-state index in [2.05, 4.69) is 4.90 Å². The van der Waals surface area contributed by atoms with Crippen LogP contribution in [-0.2, 0) is 11.3 Å². The second kappa shape index (κ2) is 6.49. The SMILES string of the molecule is CC(=O)CC1CCCCN1Cc1cccc(Cl)c1F. The van der Waals surface area contributed by atoms with Crippen LogP contribution in [0.2, 0.25) is 5.02 Å². The van der Waals surface area contributed by atoms with Crippen LogP contribution in [0.1, 0.15) is 38.2 Å². The van der Waals surface area contributed by atoms with Gasteiger partial charge < -0.3 is 0 Å². The van der Waals surface area contributed by atoms with Crippen LogP contribution in [-0.4, -0.2) is 23.3 Å². The molecule has 1 atom stereocenters. The van der Waals surface area contributed by atoms with E-state index in [1.165, 1.54) is 0 Å². The van der Waals surface area contributed by atoms with Crippen LogP contribution in [0.4, 0.5) is 4.39 Å². The van der Waals surface area contributed by atoms with Crippen molar-refractivity contribution in [3.63, 3.8) is 0 Å². The minimum Gasteiger partial charge on any atom is -0.300 e. The number of halogens is 2. The highest BCUT2D eigenvalue weighted by Gasteiger charge is 2.24. The summed E-state index contributed by atoms with van der Waals surface area (Å²) in [5.74, 6) is -0.139. The van der Waals surface area contributed by atoms with Gasteiger partial charge in [0.25, 0.3) is 0 Å². The summed E-state index contributed by atoms with van der Waals surface area (Å²) in [7, 11) is 0. The molecule has 0 aliphatic carbocycles. The van der Waals surface area contributed by atoms with Gasteiger partial charge in [-0.15, -0.1) is 0 Å². The molecular weight excluding hydrogens is 265 g/mol. The van der Waals surface area contributed by atoms with Gasteiger partial charge in [-0.05, 0) is 32.4 Å². The van der Waals surface area contributed by atoms with Crippen molar-refractivity contribution in [2.24, 2.45) is 0 Å². The molecule has 1 aromatic carbocycles. The lowest BCUT2D eigenvalue weighted by atomic mass is 9.97. The monoisotopic (exact) mass is 283 g/mol. The first-order valence-electron chi connectivity index (χ1n) is 6.74. The Bertz CT molecular complexity index is 463. The number of likely N-dealkylation sites (tertiary alicyclic amines) is 1. The Kier molecular flexibility index (Phi) is 4.94. The molecule has 2 rings (SSSR count). The van der Waals surface area contributed by atoms with Gasteiger partial charge in [-0.25, -0.2) is 4.39 Å². The lowest BCUT2D eigenvalue weighted by Gasteiger charge is -2.35. The fraction of sp³-hybridized carbons (Fsp3) is 0.533. The van der Waals surface area contributed by atoms with Gasteiger partial charge in [0.2, 0.25) is 0 Å². The van der Waals surface area contributed by atoms with Gasteiger partial charge in [0, 0.05) is 24.6 Å². The highest BCUT2D eigenvalue weighted by Crippen LogP contribution is 2.25. The summed E-state index contributed by atoms with van der Waals surface area (Å²) in [6.07, 6.45) is 3.83. The Labute approximate surface area is 118 Å². The largest absolute Gasteiger partial charge is 0.300 e. The molecule has 0 N–H and O–H groups in total. The van der Waals surface area contributed by atoms with E-state index < -0.39 is 0 Å². The third-order valence-corrected chi connectivity index (χ3v) is 3.97. The van der Waals surface area contributed by atoms with Crippen LogP contribution in [0, 0.1) is 5.82 Å². The van der Waals surface area contributed by atoms with E-state index in [1.807, 2.05) is 0 Å². The summed E-state index contributed by atoms with van der Waals surface area (Å²) in [6.45, 7) is 3.07. The summed E-state index contributed by atoms with van der Waals surface area (Å²) >= 11 is 5.80. The Morgan fingerprint density at radius 3 is 3.00 bits per heavy atom. The predicted octanol–water partition coefficient (Wildman–Crippen LogP) is 3.81. The molecule has 1 heterocycles. The van der Waals surface area contributed by atoms with Crippen molar-refractivity contribution in [2.45, 2.75) is 45.2 Å². The normalized spacial score (nSPS) is 20.5. The van der Waals surface area contributed by atoms with E-state index in [1.54, 1.807) is 25.1 Å². The van der Waals surface area contributed by atoms with Crippen LogP contribution in [0.15, 0.2) is 18.2 Å². The third-order valence-electron chi connectivity index (χ3n) is 3.68. The second-order valence-electron chi connectivity index (χ2n) is 5.24. The maximum atomic E-state index is 13.9. The summed E-state index contributed by atoms with van der Waals surface area (Å²) in [5, 5.41) is 0.164. The minimum absolute atomic E-state index is 0.164. The number of rotatable bonds is 4. The predicted molar refractivity (Wildman–Crippen MR) is 74.8 cm³/mol. The molecule has 1 unspecified atom stereocenters. The van der Waals surface area contributed by atoms with E-state index in [9.17, 15) is 9.18 Å². The summed E-state index contributed by atoms with van der Waals surface area (Å²) in [4.78, 5) is 13.5. The molecule has 0 aromatic heterocycles. The van der Waals surface area contributed by atoms with Crippen molar-refractivity contribution in [3.8, 4) is 0 Å². The van der Waals surface area contributed by atoms with E-state index in [4.69, 9.17) is 11.6 Å². The number of benzene rings is 1. The van der Waals surface area contributed by atoms with E-state index >= 15 is 0 Å². The molecule has 0 saturated carbocycles. The van der Waals surface area contributed by atoms with Crippen LogP contribution in [0.3, 0.4) is 0 Å². The smallest absolute Gasteiger partial charge is 0.146 e. The number of hydrogen-bond donors (Lipinski definition) is 0. The topological polar surface area (TPSA) is 20.3 Å². The molecule has 104 valence electrons. The number of piperidine rings is 1. The van der Waals surface area contributed by atoms with Gasteiger partial charge in [-0.2, -0.15) is 0 Å². The van der Waals surface area contributed by atoms with Gasteiger partial charge in [0.1, 0.15) is 11.6 Å². The highest BCUT2D eigenvalue weighted by atomic mass is 35.5. The Morgan fingerprint density at radius 1 is 1.47 bits per heavy atom. The minimum atomic E-state index is -0.337. The molecule has 0 bridgehead atoms. The molecule has 0 amide bonds. The number of hydrogen-bond acceptors (Lipinski definition) is 2. The quantitative estimate of drug-likeness (QED) is 0.837. The first-order valence-corrected chi connectivity index (χ1v) is 7.12. The third kappa shape index (κ3) is 3.77. The van der Waals surface area contributed by atoms with Crippen molar-refractivity contribution in [2.75, 3.05) is 6.54 Å². The molecule has 1 aromatic rings. The molecule has 1 fully saturated rings. The molecule has 4 heteroatoms. The van der Waals surface area contributed by atoms with Crippen molar-refractivity contribution in [1.82, 2.24) is 4.90 Å². The molecule has 0 radical (unpaired) electrons. The second-order valence-corrected chi connectivity index (χ2v) is 5.65. The van der Waals surface area contributed by atoms with Gasteiger partial charge in [0.05, 0.1) is 5.02 Å². The van der Waals surface area contributed by atoms with Gasteiger partial charge in [-0.1, -0.05) is 30.2 Å². The number of carbonyl (C=O) groups excluding carboxylic acids is 1. The van der Waals surface area contributed by atoms with Gasteiger partial charge >= 0.3 is 0 Å². The van der Waals surface area contributed by atoms with Crippen molar-refractivity contribution >= 4 is 17.4 Å². The maximum Gasteiger partial charge on any atom is 0.146 e. The molecule has 19 heavy (non-hydrogen) atoms. The number of nitrogens with zero attached hydrogens (tertiary/aromatic N) is 1. The van der Waals surface area contributed by atoms with Crippen LogP contribution in [0.25, 0.3) is 0 Å². The standard InChI is InChI=1S/C15H19ClFNO/c1-11(19)9-13-6-2-3-8-18(13)10-12-5-4-7-14(16)15(12)17/h4-5,7,13H,2-3,6,8-10H2,1H3. The average Bonchev–Trinajstić information content (AvgIpc) is 2.36. The van der Waals surface area contributed by atoms with Gasteiger partial charge in [0.15, 0.2) is 0 Å². The zero-order valence-electron chi connectivity index (χ0n) is 11.2. The zero-order valence-corrected chi connectivity index (χ0v) is 11.9. The Morgan fingerprint density at radius 2 is 2.26 bits per heavy atom. The van der Waals surface area contributed by atoms with E-state index in [-0.39, 0.29) is 22.7 Å². The molecule has 1 saturated heterocycles. The molecule has 2 nitrogen and oxygen atoms in total. The van der Waals surface area contributed by atoms with Crippen molar-refractivity contribution in [1.29, 1.82) is 0 Å². The molecule has 0 spiro atoms. The number of Topliss-reactive ketones (excluding diaryl/α,β-unsaturated/α-hetero) is 1. The van der Waals surface area contributed by atoms with Crippen molar-refractivity contribution in [3.05, 3.63) is 34.6 Å². The average molecular weight is 284 g/mol. The summed E-state index contributed by atoms with van der Waals surface area (Å²) < 4.78 is 13.9. The summed E-state index contributed by atoms with van der Waals surface area (Å²) in [6, 6.07) is 5.33. The van der Waals surface area contributed by atoms with Crippen LogP contribution in [0.5, 0.6) is 0 Å². The fourth-order valence-electron chi connectivity index (χ4n) is 2.72. The molecular formula is C15H19ClFNO. The van der Waals surface area contributed by atoms with Crippen LogP contribution >= 0.6 is 11.6 Å². The number of carbonyl (C=O) groups is 1. The highest BCUT2D eigenvalue weighted by molar-refractivity contribution is 6.30. The lowest BCUT2D eigenvalue weighted by Crippen LogP contribution is -2.40. The first kappa shape index (κ1) is 14.5. The fourth-order valence-corrected chi connectivity index (χ4v) is 2.91. The van der Waals surface area contributed by atoms with E-state index in [0.29, 0.717) is 18.5 Å².